The molecule has 3 aliphatic carbocycles. The third-order valence-corrected chi connectivity index (χ3v) is 8.77. The van der Waals surface area contributed by atoms with Crippen molar-refractivity contribution >= 4 is 0 Å². The molecular weight excluding hydrogens is 372 g/mol. The van der Waals surface area contributed by atoms with Gasteiger partial charge in [0.1, 0.15) is 0 Å². The van der Waals surface area contributed by atoms with E-state index < -0.39 is 0 Å². The SMILES string of the molecule is CC.CC(C)C1CCCC1C(C)C1CCCCC1.CC(C)CCCC1C=CCCC1C. The molecule has 0 spiro atoms. The molecule has 2 fully saturated rings. The second-order valence-corrected chi connectivity index (χ2v) is 11.7. The zero-order valence-electron chi connectivity index (χ0n) is 23.0. The highest BCUT2D eigenvalue weighted by Gasteiger charge is 2.36. The Morgan fingerprint density at radius 1 is 0.774 bits per heavy atom. The fourth-order valence-corrected chi connectivity index (χ4v) is 6.68. The van der Waals surface area contributed by atoms with Gasteiger partial charge in [-0.15, -0.1) is 0 Å². The molecule has 0 saturated heterocycles. The third kappa shape index (κ3) is 10.5. The van der Waals surface area contributed by atoms with Crippen LogP contribution in [0.3, 0.4) is 0 Å². The molecule has 5 unspecified atom stereocenters. The minimum Gasteiger partial charge on any atom is -0.0882 e. The summed E-state index contributed by atoms with van der Waals surface area (Å²) in [4.78, 5) is 0. The summed E-state index contributed by atoms with van der Waals surface area (Å²) in [6.45, 7) is 18.5. The van der Waals surface area contributed by atoms with Crippen molar-refractivity contribution in [1.82, 2.24) is 0 Å². The minimum absolute atomic E-state index is 0.878. The summed E-state index contributed by atoms with van der Waals surface area (Å²) in [6.07, 6.45) is 23.9. The smallest absolute Gasteiger partial charge is 0.0208 e. The van der Waals surface area contributed by atoms with Crippen molar-refractivity contribution in [2.24, 2.45) is 47.3 Å². The van der Waals surface area contributed by atoms with E-state index in [1.807, 2.05) is 13.8 Å². The molecule has 0 N–H and O–H groups in total. The van der Waals surface area contributed by atoms with Crippen molar-refractivity contribution in [3.8, 4) is 0 Å². The van der Waals surface area contributed by atoms with Gasteiger partial charge in [-0.3, -0.25) is 0 Å². The largest absolute Gasteiger partial charge is 0.0882 e. The first-order valence-corrected chi connectivity index (χ1v) is 14.6. The van der Waals surface area contributed by atoms with Crippen molar-refractivity contribution in [3.05, 3.63) is 12.2 Å². The van der Waals surface area contributed by atoms with Crippen LogP contribution in [0.1, 0.15) is 139 Å². The molecule has 31 heavy (non-hydrogen) atoms. The Kier molecular flexibility index (Phi) is 15.2. The first-order valence-electron chi connectivity index (χ1n) is 14.6. The van der Waals surface area contributed by atoms with Gasteiger partial charge in [0.25, 0.3) is 0 Å². The second kappa shape index (κ2) is 16.4. The first-order chi connectivity index (χ1) is 14.9. The van der Waals surface area contributed by atoms with Crippen LogP contribution in [0.4, 0.5) is 0 Å². The number of hydrogen-bond acceptors (Lipinski definition) is 0. The maximum absolute atomic E-state index is 2.57. The molecule has 0 heteroatoms. The van der Waals surface area contributed by atoms with E-state index in [2.05, 4.69) is 53.7 Å². The van der Waals surface area contributed by atoms with E-state index in [4.69, 9.17) is 0 Å². The van der Waals surface area contributed by atoms with E-state index in [0.29, 0.717) is 0 Å². The van der Waals surface area contributed by atoms with E-state index >= 15 is 0 Å². The Morgan fingerprint density at radius 2 is 1.42 bits per heavy atom. The monoisotopic (exact) mass is 432 g/mol. The average Bonchev–Trinajstić information content (AvgIpc) is 3.27. The van der Waals surface area contributed by atoms with E-state index in [9.17, 15) is 0 Å². The lowest BCUT2D eigenvalue weighted by Crippen LogP contribution is -2.27. The van der Waals surface area contributed by atoms with Gasteiger partial charge in [0.2, 0.25) is 0 Å². The van der Waals surface area contributed by atoms with Crippen LogP contribution in [0.2, 0.25) is 0 Å². The van der Waals surface area contributed by atoms with Crippen molar-refractivity contribution in [2.45, 2.75) is 139 Å². The van der Waals surface area contributed by atoms with E-state index in [-0.39, 0.29) is 0 Å². The van der Waals surface area contributed by atoms with Gasteiger partial charge in [0.15, 0.2) is 0 Å². The van der Waals surface area contributed by atoms with Crippen LogP contribution in [0.15, 0.2) is 12.2 Å². The van der Waals surface area contributed by atoms with E-state index in [0.717, 1.165) is 47.3 Å². The van der Waals surface area contributed by atoms with Crippen LogP contribution < -0.4 is 0 Å². The van der Waals surface area contributed by atoms with Gasteiger partial charge in [-0.25, -0.2) is 0 Å². The molecule has 3 aliphatic rings. The van der Waals surface area contributed by atoms with Gasteiger partial charge >= 0.3 is 0 Å². The summed E-state index contributed by atoms with van der Waals surface area (Å²) < 4.78 is 0. The second-order valence-electron chi connectivity index (χ2n) is 11.7. The predicted molar refractivity (Wildman–Crippen MR) is 142 cm³/mol. The lowest BCUT2D eigenvalue weighted by Gasteiger charge is -2.36. The normalized spacial score (nSPS) is 29.9. The molecule has 3 rings (SSSR count). The van der Waals surface area contributed by atoms with Crippen LogP contribution in [0, 0.1) is 47.3 Å². The Balaban J connectivity index is 0.000000293. The van der Waals surface area contributed by atoms with Gasteiger partial charge in [-0.2, -0.15) is 0 Å². The summed E-state index contributed by atoms with van der Waals surface area (Å²) in [5.74, 6) is 7.78. The molecule has 0 nitrogen and oxygen atoms in total. The maximum Gasteiger partial charge on any atom is -0.0208 e. The summed E-state index contributed by atoms with van der Waals surface area (Å²) in [5.41, 5.74) is 0. The average molecular weight is 433 g/mol. The molecule has 0 amide bonds. The molecule has 0 radical (unpaired) electrons. The van der Waals surface area contributed by atoms with Crippen LogP contribution in [-0.2, 0) is 0 Å². The molecule has 0 aromatic carbocycles. The molecule has 5 atom stereocenters. The third-order valence-electron chi connectivity index (χ3n) is 8.77. The number of rotatable bonds is 7. The molecule has 0 aliphatic heterocycles. The van der Waals surface area contributed by atoms with Crippen molar-refractivity contribution in [3.63, 3.8) is 0 Å². The fourth-order valence-electron chi connectivity index (χ4n) is 6.68. The molecular formula is C31H60. The first kappa shape index (κ1) is 28.8. The molecule has 0 aromatic heterocycles. The zero-order chi connectivity index (χ0) is 23.2. The highest BCUT2D eigenvalue weighted by atomic mass is 14.4. The molecule has 0 bridgehead atoms. The van der Waals surface area contributed by atoms with Gasteiger partial charge in [-0.05, 0) is 79.4 Å². The summed E-state index contributed by atoms with van der Waals surface area (Å²) in [5, 5.41) is 0. The quantitative estimate of drug-likeness (QED) is 0.351. The van der Waals surface area contributed by atoms with Crippen molar-refractivity contribution in [2.75, 3.05) is 0 Å². The Labute approximate surface area is 198 Å². The molecule has 0 heterocycles. The van der Waals surface area contributed by atoms with Crippen LogP contribution in [-0.4, -0.2) is 0 Å². The summed E-state index contributed by atoms with van der Waals surface area (Å²) >= 11 is 0. The van der Waals surface area contributed by atoms with Gasteiger partial charge in [0.05, 0.1) is 0 Å². The van der Waals surface area contributed by atoms with Crippen LogP contribution in [0.25, 0.3) is 0 Å². The van der Waals surface area contributed by atoms with Gasteiger partial charge < -0.3 is 0 Å². The zero-order valence-corrected chi connectivity index (χ0v) is 23.0. The van der Waals surface area contributed by atoms with Crippen LogP contribution in [0.5, 0.6) is 0 Å². The lowest BCUT2D eigenvalue weighted by atomic mass is 9.70. The van der Waals surface area contributed by atoms with Crippen LogP contribution >= 0.6 is 0 Å². The highest BCUT2D eigenvalue weighted by Crippen LogP contribution is 2.46. The standard InChI is InChI=1S/C16H30.C13H24.C2H6/c1-12(2)15-10-7-11-16(15)13(3)14-8-5-4-6-9-14;1-11(2)7-6-10-13-9-5-4-8-12(13)3;1-2/h12-16H,4-11H2,1-3H3;5,9,11-13H,4,6-8,10H2,1-3H3;1-2H3. The van der Waals surface area contributed by atoms with E-state index in [1.165, 1.54) is 83.5 Å². The highest BCUT2D eigenvalue weighted by molar-refractivity contribution is 4.95. The van der Waals surface area contributed by atoms with Gasteiger partial charge in [-0.1, -0.05) is 119 Å². The number of hydrogen-bond donors (Lipinski definition) is 0. The molecule has 0 aromatic rings. The Morgan fingerprint density at radius 3 is 2.00 bits per heavy atom. The predicted octanol–water partition coefficient (Wildman–Crippen LogP) is 10.7. The summed E-state index contributed by atoms with van der Waals surface area (Å²) in [7, 11) is 0. The topological polar surface area (TPSA) is 0 Å². The van der Waals surface area contributed by atoms with E-state index in [1.54, 1.807) is 0 Å². The maximum atomic E-state index is 2.57. The molecule has 184 valence electrons. The minimum atomic E-state index is 0.878. The summed E-state index contributed by atoms with van der Waals surface area (Å²) in [6, 6.07) is 0. The van der Waals surface area contributed by atoms with Crippen molar-refractivity contribution in [1.29, 1.82) is 0 Å². The Hall–Kier alpha value is -0.260. The lowest BCUT2D eigenvalue weighted by molar-refractivity contribution is 0.140. The van der Waals surface area contributed by atoms with Gasteiger partial charge in [0, 0.05) is 0 Å². The fraction of sp³-hybridized carbons (Fsp3) is 0.935. The molecule has 2 saturated carbocycles. The number of allylic oxidation sites excluding steroid dienone is 2. The Bertz CT molecular complexity index is 439. The van der Waals surface area contributed by atoms with Crippen molar-refractivity contribution < 1.29 is 0 Å².